The quantitative estimate of drug-likeness (QED) is 0.299. The fourth-order valence-electron chi connectivity index (χ4n) is 5.01. The van der Waals surface area contributed by atoms with E-state index in [1.165, 1.54) is 4.31 Å². The van der Waals surface area contributed by atoms with E-state index < -0.39 is 10.0 Å². The molecule has 4 N–H and O–H groups in total. The zero-order valence-electron chi connectivity index (χ0n) is 24.0. The third kappa shape index (κ3) is 5.95. The Balaban J connectivity index is 0.00000181. The number of anilines is 2. The largest absolute Gasteiger partial charge is 0.512 e. The van der Waals surface area contributed by atoms with Crippen LogP contribution in [0.15, 0.2) is 64.9 Å². The van der Waals surface area contributed by atoms with Crippen molar-refractivity contribution in [2.45, 2.75) is 64.3 Å². The zero-order valence-corrected chi connectivity index (χ0v) is 24.8. The number of sulfonamides is 1. The summed E-state index contributed by atoms with van der Waals surface area (Å²) in [5.41, 5.74) is 12.8. The van der Waals surface area contributed by atoms with Crippen LogP contribution in [0.2, 0.25) is 0 Å². The van der Waals surface area contributed by atoms with Crippen LogP contribution in [0, 0.1) is 13.8 Å². The fraction of sp³-hybridized carbons (Fsp3) is 0.387. The molecule has 1 atom stereocenters. The van der Waals surface area contributed by atoms with E-state index in [1.807, 2.05) is 46.0 Å². The first-order chi connectivity index (χ1) is 19.2. The van der Waals surface area contributed by atoms with Gasteiger partial charge in [-0.15, -0.1) is 0 Å². The number of nitrogens with one attached hydrogen (secondary N) is 1. The van der Waals surface area contributed by atoms with Crippen molar-refractivity contribution in [2.75, 3.05) is 31.2 Å². The number of para-hydroxylation sites is 1. The molecule has 5 rings (SSSR count). The molecular weight excluding hydrogens is 524 g/mol. The van der Waals surface area contributed by atoms with E-state index >= 15 is 0 Å². The second-order valence-electron chi connectivity index (χ2n) is 9.98. The second-order valence-corrected chi connectivity index (χ2v) is 11.9. The number of hydrogen-bond donors (Lipinski definition) is 3. The van der Waals surface area contributed by atoms with Crippen molar-refractivity contribution in [3.63, 3.8) is 0 Å². The Labute approximate surface area is 237 Å². The number of aliphatic hydroxyl groups excluding tert-OH is 1. The van der Waals surface area contributed by atoms with Crippen LogP contribution < -0.4 is 15.8 Å². The van der Waals surface area contributed by atoms with Crippen molar-refractivity contribution in [3.8, 4) is 5.75 Å². The normalized spacial score (nSPS) is 16.5. The highest BCUT2D eigenvalue weighted by Crippen LogP contribution is 2.40. The molecule has 2 aliphatic rings. The van der Waals surface area contributed by atoms with Gasteiger partial charge in [0.25, 0.3) is 0 Å². The molecule has 1 aromatic heterocycles. The molecule has 0 bridgehead atoms. The van der Waals surface area contributed by atoms with E-state index in [9.17, 15) is 13.5 Å². The number of pyridine rings is 1. The van der Waals surface area contributed by atoms with Crippen LogP contribution in [-0.2, 0) is 16.6 Å². The summed E-state index contributed by atoms with van der Waals surface area (Å²) in [5, 5.41) is 13.9. The minimum Gasteiger partial charge on any atom is -0.512 e. The van der Waals surface area contributed by atoms with Crippen molar-refractivity contribution < 1.29 is 18.3 Å². The summed E-state index contributed by atoms with van der Waals surface area (Å²) in [5.74, 6) is 1.23. The molecule has 1 saturated carbocycles. The topological polar surface area (TPSA) is 118 Å². The van der Waals surface area contributed by atoms with Crippen molar-refractivity contribution in [2.24, 2.45) is 0 Å². The van der Waals surface area contributed by atoms with Gasteiger partial charge in [0, 0.05) is 38.7 Å². The lowest BCUT2D eigenvalue weighted by atomic mass is 9.84. The molecule has 0 radical (unpaired) electrons. The van der Waals surface area contributed by atoms with E-state index in [0.29, 0.717) is 29.4 Å². The maximum absolute atomic E-state index is 13.5. The number of rotatable bonds is 7. The zero-order chi connectivity index (χ0) is 29.0. The maximum atomic E-state index is 13.5. The van der Waals surface area contributed by atoms with Gasteiger partial charge in [0.2, 0.25) is 10.0 Å². The monoisotopic (exact) mass is 564 g/mol. The lowest BCUT2D eigenvalue weighted by molar-refractivity contribution is 0.278. The highest BCUT2D eigenvalue weighted by atomic mass is 32.2. The van der Waals surface area contributed by atoms with Gasteiger partial charge in [0.15, 0.2) is 0 Å². The van der Waals surface area contributed by atoms with E-state index in [2.05, 4.69) is 16.4 Å². The highest BCUT2D eigenvalue weighted by Gasteiger charge is 2.31. The van der Waals surface area contributed by atoms with Crippen molar-refractivity contribution in [3.05, 3.63) is 87.8 Å². The number of nitrogens with two attached hydrogens (primary N) is 1. The van der Waals surface area contributed by atoms with Crippen molar-refractivity contribution >= 4 is 21.5 Å². The van der Waals surface area contributed by atoms with Crippen LogP contribution in [0.5, 0.6) is 5.75 Å². The number of ether oxygens (including phenoxy) is 1. The molecule has 1 unspecified atom stereocenters. The van der Waals surface area contributed by atoms with Gasteiger partial charge in [-0.25, -0.2) is 13.4 Å². The minimum atomic E-state index is -3.73. The van der Waals surface area contributed by atoms with Gasteiger partial charge < -0.3 is 20.9 Å². The van der Waals surface area contributed by atoms with Gasteiger partial charge >= 0.3 is 0 Å². The van der Waals surface area contributed by atoms with Crippen molar-refractivity contribution in [1.29, 1.82) is 0 Å². The van der Waals surface area contributed by atoms with Crippen LogP contribution in [0.25, 0.3) is 0 Å². The molecule has 8 nitrogen and oxygen atoms in total. The van der Waals surface area contributed by atoms with Gasteiger partial charge in [0.1, 0.15) is 23.1 Å². The van der Waals surface area contributed by atoms with Gasteiger partial charge in [-0.05, 0) is 72.2 Å². The van der Waals surface area contributed by atoms with Gasteiger partial charge in [-0.3, -0.25) is 0 Å². The van der Waals surface area contributed by atoms with E-state index in [0.717, 1.165) is 46.2 Å². The standard InChI is InChI=1S/C29H34N4O4S.C2H6/c1-18-8-9-21(14-22(18)17-33-12-13-37-26-6-4-5-7-27(26)38(33,35)36)23(15-25(34)20-10-11-20)24-16-32-29(31-3)28(30)19(24)2;1-2/h4-9,14,16,23,34H,10-13,15,17,30H2,1-3H3,(H,31,32);1-2H3. The molecule has 3 aromatic rings. The average Bonchev–Trinajstić information content (AvgIpc) is 3.81. The Morgan fingerprint density at radius 2 is 1.90 bits per heavy atom. The van der Waals surface area contributed by atoms with Crippen LogP contribution in [0.4, 0.5) is 11.5 Å². The van der Waals surface area contributed by atoms with Crippen LogP contribution in [0.1, 0.15) is 66.8 Å². The smallest absolute Gasteiger partial charge is 0.247 e. The summed E-state index contributed by atoms with van der Waals surface area (Å²) in [6, 6.07) is 12.9. The summed E-state index contributed by atoms with van der Waals surface area (Å²) >= 11 is 0. The SMILES string of the molecule is CC.CNc1ncc(C(CC(O)=C2CC2)c2ccc(C)c(CN3CCOc4ccccc4S3(=O)=O)c2)c(C)c1N. The molecule has 0 spiro atoms. The number of nitrogen functional groups attached to an aromatic ring is 1. The summed E-state index contributed by atoms with van der Waals surface area (Å²) in [4.78, 5) is 4.71. The predicted octanol–water partition coefficient (Wildman–Crippen LogP) is 6.06. The molecule has 0 amide bonds. The number of aromatic nitrogens is 1. The van der Waals surface area contributed by atoms with Gasteiger partial charge in [-0.2, -0.15) is 4.31 Å². The fourth-order valence-corrected chi connectivity index (χ4v) is 6.55. The minimum absolute atomic E-state index is 0.187. The molecule has 214 valence electrons. The Morgan fingerprint density at radius 3 is 2.60 bits per heavy atom. The Bertz CT molecular complexity index is 1510. The summed E-state index contributed by atoms with van der Waals surface area (Å²) < 4.78 is 34.3. The molecule has 9 heteroatoms. The van der Waals surface area contributed by atoms with Gasteiger partial charge in [-0.1, -0.05) is 44.2 Å². The van der Waals surface area contributed by atoms with Crippen LogP contribution in [0.3, 0.4) is 0 Å². The molecule has 0 saturated heterocycles. The first kappa shape index (κ1) is 29.4. The first-order valence-corrected chi connectivity index (χ1v) is 15.3. The molecule has 1 aliphatic heterocycles. The number of hydrogen-bond acceptors (Lipinski definition) is 7. The molecular formula is C31H40N4O4S. The maximum Gasteiger partial charge on any atom is 0.247 e. The number of allylic oxidation sites excluding steroid dienone is 2. The Hall–Kier alpha value is -3.56. The average molecular weight is 565 g/mol. The third-order valence-electron chi connectivity index (χ3n) is 7.53. The number of aliphatic hydroxyl groups is 1. The molecule has 2 aromatic carbocycles. The lowest BCUT2D eigenvalue weighted by Gasteiger charge is -2.24. The predicted molar refractivity (Wildman–Crippen MR) is 160 cm³/mol. The van der Waals surface area contributed by atoms with Crippen LogP contribution in [-0.4, -0.2) is 43.0 Å². The van der Waals surface area contributed by atoms with E-state index in [1.54, 1.807) is 31.3 Å². The van der Waals surface area contributed by atoms with E-state index in [-0.39, 0.29) is 30.5 Å². The van der Waals surface area contributed by atoms with E-state index in [4.69, 9.17) is 10.5 Å². The highest BCUT2D eigenvalue weighted by molar-refractivity contribution is 7.89. The molecule has 40 heavy (non-hydrogen) atoms. The Morgan fingerprint density at radius 1 is 1.18 bits per heavy atom. The first-order valence-electron chi connectivity index (χ1n) is 13.8. The lowest BCUT2D eigenvalue weighted by Crippen LogP contribution is -2.32. The second kappa shape index (κ2) is 12.3. The van der Waals surface area contributed by atoms with Crippen molar-refractivity contribution in [1.82, 2.24) is 9.29 Å². The third-order valence-corrected chi connectivity index (χ3v) is 9.41. The summed E-state index contributed by atoms with van der Waals surface area (Å²) in [6.45, 7) is 8.71. The van der Waals surface area contributed by atoms with Gasteiger partial charge in [0.05, 0.1) is 11.4 Å². The molecule has 1 fully saturated rings. The summed E-state index contributed by atoms with van der Waals surface area (Å²) in [6.07, 6.45) is 4.10. The molecule has 1 aliphatic carbocycles. The number of benzene rings is 2. The summed E-state index contributed by atoms with van der Waals surface area (Å²) in [7, 11) is -1.95. The number of nitrogens with zero attached hydrogens (tertiary/aromatic N) is 2. The van der Waals surface area contributed by atoms with Crippen LogP contribution >= 0.6 is 0 Å². The Kier molecular flexibility index (Phi) is 9.05. The molecule has 2 heterocycles. The number of fused-ring (bicyclic) bond motifs is 1. The number of aryl methyl sites for hydroxylation is 1.